The van der Waals surface area contributed by atoms with Crippen molar-refractivity contribution in [1.82, 2.24) is 0 Å². The van der Waals surface area contributed by atoms with Crippen LogP contribution in [0.1, 0.15) is 0 Å². The Balaban J connectivity index is 0. The smallest absolute Gasteiger partial charge is 0.252 e. The van der Waals surface area contributed by atoms with E-state index in [-0.39, 0.29) is 16.5 Å². The van der Waals surface area contributed by atoms with Gasteiger partial charge < -0.3 is 0 Å². The van der Waals surface area contributed by atoms with Crippen LogP contribution in [0.4, 0.5) is 0 Å². The second-order valence-corrected chi connectivity index (χ2v) is 2.22. The predicted molar refractivity (Wildman–Crippen MR) is 22.9 cm³/mol. The largest absolute Gasteiger partial charge is 0.399 e. The van der Waals surface area contributed by atoms with Crippen molar-refractivity contribution in [2.75, 3.05) is 14.2 Å². The SMILES string of the molecule is COS(=O)(=O)OC.[Ni]. The van der Waals surface area contributed by atoms with Crippen molar-refractivity contribution in [3.8, 4) is 0 Å². The van der Waals surface area contributed by atoms with Crippen molar-refractivity contribution in [2.24, 2.45) is 0 Å². The molecule has 4 nitrogen and oxygen atoms in total. The van der Waals surface area contributed by atoms with E-state index in [2.05, 4.69) is 8.37 Å². The molecule has 0 aliphatic carbocycles. The summed E-state index contributed by atoms with van der Waals surface area (Å²) < 4.78 is 27.5. The van der Waals surface area contributed by atoms with E-state index in [1.165, 1.54) is 0 Å². The van der Waals surface area contributed by atoms with Crippen LogP contribution in [0.5, 0.6) is 0 Å². The summed E-state index contributed by atoms with van der Waals surface area (Å²) in [6.45, 7) is 0. The van der Waals surface area contributed by atoms with Gasteiger partial charge in [-0.1, -0.05) is 0 Å². The van der Waals surface area contributed by atoms with Gasteiger partial charge in [-0.25, -0.2) is 0 Å². The van der Waals surface area contributed by atoms with Crippen molar-refractivity contribution in [3.63, 3.8) is 0 Å². The second-order valence-electron chi connectivity index (χ2n) is 0.742. The maximum absolute atomic E-state index is 9.92. The molecule has 0 saturated heterocycles. The first-order chi connectivity index (χ1) is 3.12. The van der Waals surface area contributed by atoms with Crippen LogP contribution in [-0.4, -0.2) is 22.6 Å². The zero-order valence-corrected chi connectivity index (χ0v) is 6.16. The molecular weight excluding hydrogens is 179 g/mol. The Kier molecular flexibility index (Phi) is 5.97. The Morgan fingerprint density at radius 3 is 1.38 bits per heavy atom. The summed E-state index contributed by atoms with van der Waals surface area (Å²) in [5.74, 6) is 0. The molecular formula is C2H6NiO4S. The molecule has 0 N–H and O–H groups in total. The summed E-state index contributed by atoms with van der Waals surface area (Å²) >= 11 is 0. The van der Waals surface area contributed by atoms with E-state index in [0.717, 1.165) is 14.2 Å². The van der Waals surface area contributed by atoms with Crippen LogP contribution in [0.25, 0.3) is 0 Å². The molecule has 0 aromatic carbocycles. The van der Waals surface area contributed by atoms with Crippen LogP contribution in [0, 0.1) is 0 Å². The zero-order valence-electron chi connectivity index (χ0n) is 4.36. The molecule has 0 fully saturated rings. The number of rotatable bonds is 2. The van der Waals surface area contributed by atoms with Gasteiger partial charge in [0.05, 0.1) is 14.2 Å². The van der Waals surface area contributed by atoms with Gasteiger partial charge in [0.15, 0.2) is 0 Å². The first-order valence-corrected chi connectivity index (χ1v) is 2.82. The van der Waals surface area contributed by atoms with Crippen LogP contribution in [0.2, 0.25) is 0 Å². The van der Waals surface area contributed by atoms with Gasteiger partial charge in [0.1, 0.15) is 0 Å². The summed E-state index contributed by atoms with van der Waals surface area (Å²) in [6.07, 6.45) is 0. The topological polar surface area (TPSA) is 52.6 Å². The molecule has 0 aromatic heterocycles. The van der Waals surface area contributed by atoms with Gasteiger partial charge in [-0.05, 0) is 0 Å². The molecule has 0 spiro atoms. The molecule has 54 valence electrons. The zero-order chi connectivity index (χ0) is 5.91. The standard InChI is InChI=1S/C2H6O4S.Ni/c1-5-7(3,4)6-2;/h1-2H3;. The van der Waals surface area contributed by atoms with Gasteiger partial charge in [-0.2, -0.15) is 8.42 Å². The Morgan fingerprint density at radius 2 is 1.38 bits per heavy atom. The molecule has 0 radical (unpaired) electrons. The van der Waals surface area contributed by atoms with Gasteiger partial charge in [-0.3, -0.25) is 8.37 Å². The Bertz CT molecular complexity index is 117. The predicted octanol–water partition coefficient (Wildman–Crippen LogP) is -0.478. The molecule has 0 aliphatic heterocycles. The average molecular weight is 185 g/mol. The van der Waals surface area contributed by atoms with Crippen LogP contribution in [0.3, 0.4) is 0 Å². The van der Waals surface area contributed by atoms with E-state index < -0.39 is 10.4 Å². The monoisotopic (exact) mass is 184 g/mol. The fourth-order valence-corrected chi connectivity index (χ4v) is 0.204. The Morgan fingerprint density at radius 1 is 1.12 bits per heavy atom. The van der Waals surface area contributed by atoms with E-state index in [9.17, 15) is 8.42 Å². The minimum absolute atomic E-state index is 0. The van der Waals surface area contributed by atoms with Crippen LogP contribution >= 0.6 is 0 Å². The summed E-state index contributed by atoms with van der Waals surface area (Å²) in [7, 11) is -1.60. The van der Waals surface area contributed by atoms with Gasteiger partial charge in [0.2, 0.25) is 0 Å². The van der Waals surface area contributed by atoms with Gasteiger partial charge >= 0.3 is 10.4 Å². The van der Waals surface area contributed by atoms with Crippen LogP contribution in [-0.2, 0) is 35.3 Å². The fourth-order valence-electron chi connectivity index (χ4n) is 0.0680. The Labute approximate surface area is 58.4 Å². The minimum Gasteiger partial charge on any atom is -0.252 e. The molecule has 0 saturated carbocycles. The molecule has 0 unspecified atom stereocenters. The van der Waals surface area contributed by atoms with E-state index >= 15 is 0 Å². The normalized spacial score (nSPS) is 10.2. The van der Waals surface area contributed by atoms with Crippen molar-refractivity contribution < 1.29 is 33.3 Å². The van der Waals surface area contributed by atoms with Gasteiger partial charge in [-0.15, -0.1) is 0 Å². The van der Waals surface area contributed by atoms with E-state index in [1.54, 1.807) is 0 Å². The third-order valence-corrected chi connectivity index (χ3v) is 1.22. The molecule has 0 aliphatic rings. The molecule has 0 aromatic rings. The summed E-state index contributed by atoms with van der Waals surface area (Å²) in [5.41, 5.74) is 0. The van der Waals surface area contributed by atoms with Crippen molar-refractivity contribution >= 4 is 10.4 Å². The average Bonchev–Trinajstić information content (AvgIpc) is 1.68. The Hall–Kier alpha value is 0.364. The number of hydrogen-bond acceptors (Lipinski definition) is 4. The maximum Gasteiger partial charge on any atom is 0.399 e. The first-order valence-electron chi connectivity index (χ1n) is 1.48. The maximum atomic E-state index is 9.92. The third kappa shape index (κ3) is 4.52. The van der Waals surface area contributed by atoms with Gasteiger partial charge in [0, 0.05) is 16.5 Å². The summed E-state index contributed by atoms with van der Waals surface area (Å²) in [4.78, 5) is 0. The van der Waals surface area contributed by atoms with E-state index in [1.807, 2.05) is 0 Å². The third-order valence-electron chi connectivity index (χ3n) is 0.408. The minimum atomic E-state index is -3.66. The van der Waals surface area contributed by atoms with E-state index in [4.69, 9.17) is 0 Å². The molecule has 0 amide bonds. The summed E-state index contributed by atoms with van der Waals surface area (Å²) in [6, 6.07) is 0. The molecule has 6 heteroatoms. The van der Waals surface area contributed by atoms with Crippen molar-refractivity contribution in [2.45, 2.75) is 0 Å². The van der Waals surface area contributed by atoms with Crippen LogP contribution in [0.15, 0.2) is 0 Å². The van der Waals surface area contributed by atoms with E-state index in [0.29, 0.717) is 0 Å². The summed E-state index contributed by atoms with van der Waals surface area (Å²) in [5, 5.41) is 0. The van der Waals surface area contributed by atoms with Crippen molar-refractivity contribution in [3.05, 3.63) is 0 Å². The molecule has 0 rings (SSSR count). The molecule has 0 bridgehead atoms. The molecule has 0 atom stereocenters. The van der Waals surface area contributed by atoms with Crippen LogP contribution < -0.4 is 0 Å². The molecule has 8 heavy (non-hydrogen) atoms. The fraction of sp³-hybridized carbons (Fsp3) is 1.00. The van der Waals surface area contributed by atoms with Crippen molar-refractivity contribution in [1.29, 1.82) is 0 Å². The first kappa shape index (κ1) is 11.2. The number of hydrogen-bond donors (Lipinski definition) is 0. The van der Waals surface area contributed by atoms with Gasteiger partial charge in [0.25, 0.3) is 0 Å². The second kappa shape index (κ2) is 4.26. The quantitative estimate of drug-likeness (QED) is 0.545. The molecule has 0 heterocycles.